The molecule has 0 unspecified atom stereocenters. The molecule has 38 heavy (non-hydrogen) atoms. The fourth-order valence-corrected chi connectivity index (χ4v) is 6.67. The summed E-state index contributed by atoms with van der Waals surface area (Å²) in [5.41, 5.74) is 7.85. The Morgan fingerprint density at radius 3 is 2.00 bits per heavy atom. The van der Waals surface area contributed by atoms with E-state index in [1.165, 1.54) is 0 Å². The van der Waals surface area contributed by atoms with Crippen LogP contribution in [0.4, 0.5) is 0 Å². The summed E-state index contributed by atoms with van der Waals surface area (Å²) in [6.45, 7) is 6.38. The number of para-hydroxylation sites is 2. The number of rotatable bonds is 6. The van der Waals surface area contributed by atoms with Crippen LogP contribution in [0, 0.1) is 13.8 Å². The van der Waals surface area contributed by atoms with Gasteiger partial charge in [0.05, 0.1) is 32.6 Å². The number of thiazole rings is 2. The van der Waals surface area contributed by atoms with Crippen molar-refractivity contribution < 1.29 is 9.53 Å². The first-order chi connectivity index (χ1) is 18.5. The van der Waals surface area contributed by atoms with Gasteiger partial charge in [0.15, 0.2) is 0 Å². The molecule has 0 aliphatic rings. The number of fused-ring (bicyclic) bond motifs is 2. The molecule has 0 bridgehead atoms. The van der Waals surface area contributed by atoms with Crippen molar-refractivity contribution in [2.75, 3.05) is 6.61 Å². The molecule has 5 nitrogen and oxygen atoms in total. The number of aromatic nitrogens is 3. The van der Waals surface area contributed by atoms with Crippen molar-refractivity contribution in [1.29, 1.82) is 0 Å². The van der Waals surface area contributed by atoms with Gasteiger partial charge in [-0.15, -0.1) is 22.7 Å². The Labute approximate surface area is 228 Å². The molecular weight excluding hydrogens is 510 g/mol. The number of esters is 1. The van der Waals surface area contributed by atoms with Crippen LogP contribution in [0.15, 0.2) is 78.9 Å². The van der Waals surface area contributed by atoms with Gasteiger partial charge in [0.1, 0.15) is 10.0 Å². The summed E-state index contributed by atoms with van der Waals surface area (Å²) >= 11 is 3.38. The second-order valence-corrected chi connectivity index (χ2v) is 11.0. The van der Waals surface area contributed by atoms with E-state index >= 15 is 0 Å². The predicted molar refractivity (Wildman–Crippen MR) is 157 cm³/mol. The lowest BCUT2D eigenvalue weighted by Crippen LogP contribution is -2.05. The van der Waals surface area contributed by atoms with Crippen LogP contribution in [0.1, 0.15) is 44.2 Å². The molecule has 3 aromatic carbocycles. The third-order valence-electron chi connectivity index (χ3n) is 6.46. The molecule has 0 saturated carbocycles. The summed E-state index contributed by atoms with van der Waals surface area (Å²) in [7, 11) is 0. The molecule has 7 heteroatoms. The van der Waals surface area contributed by atoms with Crippen LogP contribution >= 0.6 is 22.7 Å². The quantitative estimate of drug-likeness (QED) is 0.202. The molecule has 6 rings (SSSR count). The van der Waals surface area contributed by atoms with Gasteiger partial charge in [-0.05, 0) is 87.0 Å². The Hall–Kier alpha value is -4.07. The Bertz CT molecular complexity index is 1680. The molecule has 0 radical (unpaired) electrons. The summed E-state index contributed by atoms with van der Waals surface area (Å²) in [6.07, 6.45) is 2.21. The maximum absolute atomic E-state index is 12.1. The minimum Gasteiger partial charge on any atom is -0.462 e. The molecule has 0 aliphatic carbocycles. The van der Waals surface area contributed by atoms with Gasteiger partial charge in [-0.25, -0.2) is 14.8 Å². The van der Waals surface area contributed by atoms with E-state index in [2.05, 4.69) is 54.8 Å². The maximum Gasteiger partial charge on any atom is 0.338 e. The highest BCUT2D eigenvalue weighted by atomic mass is 32.1. The molecule has 0 fully saturated rings. The molecule has 0 aliphatic heterocycles. The third kappa shape index (κ3) is 4.44. The van der Waals surface area contributed by atoms with Gasteiger partial charge in [0, 0.05) is 22.6 Å². The topological polar surface area (TPSA) is 57.0 Å². The second-order valence-electron chi connectivity index (χ2n) is 8.96. The van der Waals surface area contributed by atoms with E-state index < -0.39 is 0 Å². The number of hydrogen-bond donors (Lipinski definition) is 0. The van der Waals surface area contributed by atoms with Gasteiger partial charge in [-0.3, -0.25) is 0 Å². The summed E-state index contributed by atoms with van der Waals surface area (Å²) in [6, 6.07) is 26.2. The fraction of sp³-hybridized carbons (Fsp3) is 0.129. The van der Waals surface area contributed by atoms with Gasteiger partial charge in [0.25, 0.3) is 0 Å². The van der Waals surface area contributed by atoms with Gasteiger partial charge in [-0.2, -0.15) is 0 Å². The Balaban J connectivity index is 1.47. The zero-order chi connectivity index (χ0) is 26.2. The molecule has 0 atom stereocenters. The number of hydrogen-bond acceptors (Lipinski definition) is 6. The highest BCUT2D eigenvalue weighted by Crippen LogP contribution is 2.37. The van der Waals surface area contributed by atoms with Crippen molar-refractivity contribution >= 4 is 60.7 Å². The molecule has 6 aromatic rings. The fourth-order valence-electron chi connectivity index (χ4n) is 4.64. The van der Waals surface area contributed by atoms with Gasteiger partial charge >= 0.3 is 5.97 Å². The van der Waals surface area contributed by atoms with Crippen molar-refractivity contribution in [3.05, 3.63) is 111 Å². The van der Waals surface area contributed by atoms with Crippen LogP contribution in [0.3, 0.4) is 0 Å². The number of carbonyl (C=O) groups excluding carboxylic acids is 1. The van der Waals surface area contributed by atoms with Crippen molar-refractivity contribution in [3.63, 3.8) is 0 Å². The normalized spacial score (nSPS) is 11.2. The molecule has 188 valence electrons. The van der Waals surface area contributed by atoms with Crippen LogP contribution in [-0.2, 0) is 4.74 Å². The monoisotopic (exact) mass is 535 g/mol. The summed E-state index contributed by atoms with van der Waals surface area (Å²) in [5, 5.41) is 1.91. The smallest absolute Gasteiger partial charge is 0.338 e. The number of aryl methyl sites for hydroxylation is 1. The van der Waals surface area contributed by atoms with Crippen molar-refractivity contribution in [3.8, 4) is 5.69 Å². The van der Waals surface area contributed by atoms with Crippen LogP contribution < -0.4 is 0 Å². The summed E-state index contributed by atoms with van der Waals surface area (Å²) < 4.78 is 9.65. The average Bonchev–Trinajstić information content (AvgIpc) is 3.62. The number of benzene rings is 3. The van der Waals surface area contributed by atoms with Crippen molar-refractivity contribution in [1.82, 2.24) is 14.5 Å². The van der Waals surface area contributed by atoms with Gasteiger partial charge in [-0.1, -0.05) is 24.3 Å². The largest absolute Gasteiger partial charge is 0.462 e. The highest BCUT2D eigenvalue weighted by Gasteiger charge is 2.18. The zero-order valence-electron chi connectivity index (χ0n) is 21.3. The lowest BCUT2D eigenvalue weighted by atomic mass is 10.1. The standard InChI is InChI=1S/C31H25N3O2S2/c1-4-36-31(35)21-13-15-23(16-14-21)34-19(2)17-22(20(34)3)18-24(29-32-25-9-5-7-11-27(25)37-29)30-33-26-10-6-8-12-28(26)38-30/h5-18H,4H2,1-3H3. The molecule has 3 heterocycles. The summed E-state index contributed by atoms with van der Waals surface area (Å²) in [5.74, 6) is -0.306. The SMILES string of the molecule is CCOC(=O)c1ccc(-n2c(C)cc(C=C(c3nc4ccccc4s3)c3nc4ccccc4s3)c2C)cc1. The Kier molecular flexibility index (Phi) is 6.39. The lowest BCUT2D eigenvalue weighted by Gasteiger charge is -2.11. The molecule has 0 amide bonds. The highest BCUT2D eigenvalue weighted by molar-refractivity contribution is 7.22. The van der Waals surface area contributed by atoms with Crippen molar-refractivity contribution in [2.24, 2.45) is 0 Å². The van der Waals surface area contributed by atoms with E-state index in [4.69, 9.17) is 14.7 Å². The zero-order valence-corrected chi connectivity index (χ0v) is 22.9. The van der Waals surface area contributed by atoms with E-state index in [1.807, 2.05) is 55.5 Å². The van der Waals surface area contributed by atoms with Crippen molar-refractivity contribution in [2.45, 2.75) is 20.8 Å². The van der Waals surface area contributed by atoms with Gasteiger partial charge < -0.3 is 9.30 Å². The molecule has 0 N–H and O–H groups in total. The van der Waals surface area contributed by atoms with E-state index in [1.54, 1.807) is 22.7 Å². The third-order valence-corrected chi connectivity index (χ3v) is 8.59. The average molecular weight is 536 g/mol. The number of carbonyl (C=O) groups is 1. The van der Waals surface area contributed by atoms with Crippen LogP contribution in [0.25, 0.3) is 37.8 Å². The van der Waals surface area contributed by atoms with E-state index in [0.29, 0.717) is 12.2 Å². The van der Waals surface area contributed by atoms with E-state index in [-0.39, 0.29) is 5.97 Å². The first kappa shape index (κ1) is 24.3. The van der Waals surface area contributed by atoms with Crippen LogP contribution in [-0.4, -0.2) is 27.1 Å². The maximum atomic E-state index is 12.1. The molecule has 3 aromatic heterocycles. The first-order valence-corrected chi connectivity index (χ1v) is 14.0. The van der Waals surface area contributed by atoms with E-state index in [9.17, 15) is 4.79 Å². The number of ether oxygens (including phenoxy) is 1. The molecule has 0 saturated heterocycles. The van der Waals surface area contributed by atoms with Crippen LogP contribution in [0.5, 0.6) is 0 Å². The second kappa shape index (κ2) is 10.0. The van der Waals surface area contributed by atoms with Gasteiger partial charge in [0.2, 0.25) is 0 Å². The van der Waals surface area contributed by atoms with E-state index in [0.717, 1.165) is 58.7 Å². The Morgan fingerprint density at radius 2 is 1.45 bits per heavy atom. The molecular formula is C31H25N3O2S2. The minimum absolute atomic E-state index is 0.306. The molecule has 0 spiro atoms. The lowest BCUT2D eigenvalue weighted by molar-refractivity contribution is 0.0526. The predicted octanol–water partition coefficient (Wildman–Crippen LogP) is 8.08. The first-order valence-electron chi connectivity index (χ1n) is 12.4. The van der Waals surface area contributed by atoms with Crippen LogP contribution in [0.2, 0.25) is 0 Å². The Morgan fingerprint density at radius 1 is 0.868 bits per heavy atom. The minimum atomic E-state index is -0.306. The summed E-state index contributed by atoms with van der Waals surface area (Å²) in [4.78, 5) is 22.1. The number of nitrogens with zero attached hydrogens (tertiary/aromatic N) is 3.